The van der Waals surface area contributed by atoms with Gasteiger partial charge in [-0.2, -0.15) is 10.1 Å². The van der Waals surface area contributed by atoms with Gasteiger partial charge in [0, 0.05) is 25.5 Å². The van der Waals surface area contributed by atoms with E-state index in [1.807, 2.05) is 21.8 Å². The molecular weight excluding hydrogens is 274 g/mol. The minimum Gasteiger partial charge on any atom is -0.378 e. The van der Waals surface area contributed by atoms with E-state index in [2.05, 4.69) is 15.1 Å². The topological polar surface area (TPSA) is 116 Å². The fourth-order valence-corrected chi connectivity index (χ4v) is 2.52. The zero-order valence-electron chi connectivity index (χ0n) is 11.3. The van der Waals surface area contributed by atoms with Crippen LogP contribution in [0.2, 0.25) is 0 Å². The quantitative estimate of drug-likeness (QED) is 0.661. The number of nitrogens with zero attached hydrogens (tertiary/aromatic N) is 6. The second kappa shape index (κ2) is 5.35. The van der Waals surface area contributed by atoms with Crippen LogP contribution in [0.25, 0.3) is 0 Å². The van der Waals surface area contributed by atoms with E-state index in [1.54, 1.807) is 6.20 Å². The molecule has 0 radical (unpaired) electrons. The monoisotopic (exact) mass is 289 g/mol. The average molecular weight is 289 g/mol. The summed E-state index contributed by atoms with van der Waals surface area (Å²) < 4.78 is 1.92. The molecule has 1 saturated heterocycles. The highest BCUT2D eigenvalue weighted by molar-refractivity contribution is 5.53. The molecular formula is C12H15N7O2. The average Bonchev–Trinajstić information content (AvgIpc) is 3.01. The lowest BCUT2D eigenvalue weighted by Gasteiger charge is -2.32. The summed E-state index contributed by atoms with van der Waals surface area (Å²) in [4.78, 5) is 20.3. The first-order valence-corrected chi connectivity index (χ1v) is 6.66. The number of rotatable bonds is 3. The van der Waals surface area contributed by atoms with Crippen molar-refractivity contribution < 1.29 is 4.92 Å². The van der Waals surface area contributed by atoms with Crippen LogP contribution < -0.4 is 10.6 Å². The van der Waals surface area contributed by atoms with Crippen LogP contribution >= 0.6 is 0 Å². The Morgan fingerprint density at radius 1 is 1.48 bits per heavy atom. The number of anilines is 2. The van der Waals surface area contributed by atoms with Crippen molar-refractivity contribution in [3.63, 3.8) is 0 Å². The second-order valence-electron chi connectivity index (χ2n) is 4.93. The third kappa shape index (κ3) is 2.62. The first-order valence-electron chi connectivity index (χ1n) is 6.66. The standard InChI is InChI=1S/C12H15N7O2/c13-11-10(19(20)21)7-14-12(16-11)17-5-1-3-9(8-17)18-6-2-4-15-18/h2,4,6-7,9H,1,3,5,8H2,(H2,13,14,16). The fraction of sp³-hybridized carbons (Fsp3) is 0.417. The van der Waals surface area contributed by atoms with Gasteiger partial charge < -0.3 is 10.6 Å². The molecule has 0 bridgehead atoms. The summed E-state index contributed by atoms with van der Waals surface area (Å²) in [5, 5.41) is 15.0. The predicted octanol–water partition coefficient (Wildman–Crippen LogP) is 1.00. The Hall–Kier alpha value is -2.71. The van der Waals surface area contributed by atoms with Crippen LogP contribution in [0.4, 0.5) is 17.5 Å². The number of aromatic nitrogens is 4. The molecule has 2 aromatic heterocycles. The van der Waals surface area contributed by atoms with Crippen molar-refractivity contribution in [2.45, 2.75) is 18.9 Å². The van der Waals surface area contributed by atoms with Gasteiger partial charge in [0.1, 0.15) is 6.20 Å². The molecule has 1 atom stereocenters. The van der Waals surface area contributed by atoms with E-state index in [0.29, 0.717) is 12.5 Å². The van der Waals surface area contributed by atoms with Crippen molar-refractivity contribution in [2.24, 2.45) is 0 Å². The van der Waals surface area contributed by atoms with E-state index < -0.39 is 4.92 Å². The Balaban J connectivity index is 1.80. The largest absolute Gasteiger partial charge is 0.378 e. The van der Waals surface area contributed by atoms with Crippen molar-refractivity contribution in [1.29, 1.82) is 0 Å². The van der Waals surface area contributed by atoms with Crippen LogP contribution in [0.5, 0.6) is 0 Å². The molecule has 9 heteroatoms. The molecule has 2 N–H and O–H groups in total. The molecule has 0 aliphatic carbocycles. The number of hydrogen-bond acceptors (Lipinski definition) is 7. The van der Waals surface area contributed by atoms with E-state index >= 15 is 0 Å². The second-order valence-corrected chi connectivity index (χ2v) is 4.93. The SMILES string of the molecule is Nc1nc(N2CCCC(n3cccn3)C2)ncc1[N+](=O)[O-]. The molecule has 0 amide bonds. The van der Waals surface area contributed by atoms with Gasteiger partial charge in [-0.3, -0.25) is 14.8 Å². The smallest absolute Gasteiger partial charge is 0.329 e. The molecule has 2 aromatic rings. The zero-order chi connectivity index (χ0) is 14.8. The van der Waals surface area contributed by atoms with E-state index in [9.17, 15) is 10.1 Å². The van der Waals surface area contributed by atoms with Gasteiger partial charge >= 0.3 is 5.69 Å². The Morgan fingerprint density at radius 2 is 2.33 bits per heavy atom. The molecule has 3 rings (SSSR count). The highest BCUT2D eigenvalue weighted by atomic mass is 16.6. The lowest BCUT2D eigenvalue weighted by molar-refractivity contribution is -0.384. The van der Waals surface area contributed by atoms with Crippen LogP contribution in [-0.2, 0) is 0 Å². The van der Waals surface area contributed by atoms with Crippen molar-refractivity contribution >= 4 is 17.5 Å². The van der Waals surface area contributed by atoms with Gasteiger partial charge in [-0.15, -0.1) is 0 Å². The summed E-state index contributed by atoms with van der Waals surface area (Å²) in [5.74, 6) is 0.321. The first-order chi connectivity index (χ1) is 10.1. The molecule has 1 unspecified atom stereocenters. The van der Waals surface area contributed by atoms with Gasteiger partial charge in [0.25, 0.3) is 0 Å². The van der Waals surface area contributed by atoms with Crippen LogP contribution in [0.15, 0.2) is 24.7 Å². The maximum absolute atomic E-state index is 10.7. The van der Waals surface area contributed by atoms with Crippen molar-refractivity contribution in [1.82, 2.24) is 19.7 Å². The first kappa shape index (κ1) is 13.3. The maximum atomic E-state index is 10.7. The van der Waals surface area contributed by atoms with E-state index in [0.717, 1.165) is 25.6 Å². The molecule has 9 nitrogen and oxygen atoms in total. The molecule has 0 aromatic carbocycles. The van der Waals surface area contributed by atoms with Gasteiger partial charge in [-0.1, -0.05) is 0 Å². The highest BCUT2D eigenvalue weighted by Crippen LogP contribution is 2.26. The molecule has 0 saturated carbocycles. The molecule has 21 heavy (non-hydrogen) atoms. The van der Waals surface area contributed by atoms with Crippen LogP contribution in [0.1, 0.15) is 18.9 Å². The fourth-order valence-electron chi connectivity index (χ4n) is 2.52. The lowest BCUT2D eigenvalue weighted by Crippen LogP contribution is -2.37. The van der Waals surface area contributed by atoms with Gasteiger partial charge in [0.2, 0.25) is 11.8 Å². The Kier molecular flexibility index (Phi) is 3.38. The number of nitrogen functional groups attached to an aromatic ring is 1. The summed E-state index contributed by atoms with van der Waals surface area (Å²) in [6, 6.07) is 2.13. The molecule has 1 fully saturated rings. The highest BCUT2D eigenvalue weighted by Gasteiger charge is 2.24. The van der Waals surface area contributed by atoms with Gasteiger partial charge in [0.15, 0.2) is 0 Å². The van der Waals surface area contributed by atoms with Crippen molar-refractivity contribution in [2.75, 3.05) is 23.7 Å². The minimum atomic E-state index is -0.581. The van der Waals surface area contributed by atoms with E-state index in [1.165, 1.54) is 0 Å². The normalized spacial score (nSPS) is 18.7. The number of nitrogens with two attached hydrogens (primary N) is 1. The number of nitro groups is 1. The molecule has 0 spiro atoms. The van der Waals surface area contributed by atoms with Gasteiger partial charge in [-0.05, 0) is 18.9 Å². The number of hydrogen-bond donors (Lipinski definition) is 1. The Labute approximate surface area is 120 Å². The summed E-state index contributed by atoms with van der Waals surface area (Å²) in [6.45, 7) is 1.51. The van der Waals surface area contributed by atoms with Gasteiger partial charge in [0.05, 0.1) is 11.0 Å². The van der Waals surface area contributed by atoms with Crippen LogP contribution in [-0.4, -0.2) is 37.8 Å². The third-order valence-electron chi connectivity index (χ3n) is 3.56. The van der Waals surface area contributed by atoms with E-state index in [4.69, 9.17) is 5.73 Å². The Morgan fingerprint density at radius 3 is 3.00 bits per heavy atom. The molecule has 3 heterocycles. The zero-order valence-corrected chi connectivity index (χ0v) is 11.3. The van der Waals surface area contributed by atoms with Gasteiger partial charge in [-0.25, -0.2) is 4.98 Å². The molecule has 1 aliphatic heterocycles. The Bertz CT molecular complexity index is 643. The van der Waals surface area contributed by atoms with E-state index in [-0.39, 0.29) is 17.5 Å². The lowest BCUT2D eigenvalue weighted by atomic mass is 10.1. The summed E-state index contributed by atoms with van der Waals surface area (Å²) in [5.41, 5.74) is 5.36. The molecule has 1 aliphatic rings. The van der Waals surface area contributed by atoms with Crippen molar-refractivity contribution in [3.8, 4) is 0 Å². The van der Waals surface area contributed by atoms with Crippen LogP contribution in [0.3, 0.4) is 0 Å². The third-order valence-corrected chi connectivity index (χ3v) is 3.56. The summed E-state index contributed by atoms with van der Waals surface area (Å²) in [7, 11) is 0. The predicted molar refractivity (Wildman–Crippen MR) is 75.8 cm³/mol. The summed E-state index contributed by atoms with van der Waals surface area (Å²) in [6.07, 6.45) is 6.85. The minimum absolute atomic E-state index is 0.105. The summed E-state index contributed by atoms with van der Waals surface area (Å²) >= 11 is 0. The molecule has 110 valence electrons. The van der Waals surface area contributed by atoms with Crippen LogP contribution in [0, 0.1) is 10.1 Å². The van der Waals surface area contributed by atoms with Crippen molar-refractivity contribution in [3.05, 3.63) is 34.8 Å². The number of piperidine rings is 1. The maximum Gasteiger partial charge on any atom is 0.329 e.